The van der Waals surface area contributed by atoms with E-state index >= 15 is 0 Å². The molecule has 3 rings (SSSR count). The number of piperidine rings is 1. The summed E-state index contributed by atoms with van der Waals surface area (Å²) in [6.45, 7) is 0.754. The number of pyridine rings is 1. The van der Waals surface area contributed by atoms with Crippen molar-refractivity contribution in [1.82, 2.24) is 14.6 Å². The summed E-state index contributed by atoms with van der Waals surface area (Å²) < 4.78 is 32.8. The van der Waals surface area contributed by atoms with Gasteiger partial charge in [-0.25, -0.2) is 8.42 Å². The van der Waals surface area contributed by atoms with Crippen LogP contribution in [0.2, 0.25) is 0 Å². The molecule has 1 atom stereocenters. The largest absolute Gasteiger partial charge is 0.497 e. The van der Waals surface area contributed by atoms with Crippen LogP contribution in [0.5, 0.6) is 5.75 Å². The van der Waals surface area contributed by atoms with Gasteiger partial charge in [0, 0.05) is 25.2 Å². The quantitative estimate of drug-likeness (QED) is 0.767. The van der Waals surface area contributed by atoms with Gasteiger partial charge in [-0.15, -0.1) is 0 Å². The number of ether oxygens (including phenoxy) is 1. The van der Waals surface area contributed by atoms with Crippen molar-refractivity contribution in [3.8, 4) is 5.75 Å². The van der Waals surface area contributed by atoms with Gasteiger partial charge in [-0.05, 0) is 49.2 Å². The van der Waals surface area contributed by atoms with E-state index in [-0.39, 0.29) is 23.3 Å². The molecule has 7 nitrogen and oxygen atoms in total. The Hall–Kier alpha value is -2.45. The Morgan fingerprint density at radius 3 is 2.68 bits per heavy atom. The molecule has 2 aromatic rings. The van der Waals surface area contributed by atoms with E-state index in [0.29, 0.717) is 25.3 Å². The first-order valence-electron chi connectivity index (χ1n) is 9.33. The van der Waals surface area contributed by atoms with Gasteiger partial charge >= 0.3 is 0 Å². The normalized spacial score (nSPS) is 17.8. The van der Waals surface area contributed by atoms with Crippen molar-refractivity contribution in [1.29, 1.82) is 0 Å². The Morgan fingerprint density at radius 1 is 1.21 bits per heavy atom. The second-order valence-electron chi connectivity index (χ2n) is 6.74. The highest BCUT2D eigenvalue weighted by molar-refractivity contribution is 7.89. The molecule has 1 aliphatic heterocycles. The number of amides is 1. The molecular weight excluding hydrogens is 378 g/mol. The molecule has 1 aliphatic rings. The fourth-order valence-electron chi connectivity index (χ4n) is 3.36. The monoisotopic (exact) mass is 403 g/mol. The number of carbonyl (C=O) groups excluding carboxylic acids is 1. The number of benzene rings is 1. The van der Waals surface area contributed by atoms with Crippen LogP contribution in [0.15, 0.2) is 53.6 Å². The van der Waals surface area contributed by atoms with Gasteiger partial charge in [0.1, 0.15) is 5.75 Å². The lowest BCUT2D eigenvalue weighted by atomic mass is 10.0. The highest BCUT2D eigenvalue weighted by Gasteiger charge is 2.34. The van der Waals surface area contributed by atoms with Crippen molar-refractivity contribution in [2.45, 2.75) is 43.2 Å². The third-order valence-electron chi connectivity index (χ3n) is 4.85. The third-order valence-corrected chi connectivity index (χ3v) is 6.82. The standard InChI is InChI=1S/C20H25N3O4S/c1-27-18-8-10-19(11-9-18)28(25,26)23-13-5-3-7-17(23)14-20(24)22-15-16-6-2-4-12-21-16/h2,4,6,8-12,17H,3,5,7,13-15H2,1H3,(H,22,24)/t17-/m0/s1. The van der Waals surface area contributed by atoms with Gasteiger partial charge in [0.15, 0.2) is 0 Å². The number of sulfonamides is 1. The van der Waals surface area contributed by atoms with E-state index in [2.05, 4.69) is 10.3 Å². The highest BCUT2D eigenvalue weighted by atomic mass is 32.2. The highest BCUT2D eigenvalue weighted by Crippen LogP contribution is 2.28. The average molecular weight is 404 g/mol. The lowest BCUT2D eigenvalue weighted by Crippen LogP contribution is -2.45. The van der Waals surface area contributed by atoms with E-state index < -0.39 is 10.0 Å². The summed E-state index contributed by atoms with van der Waals surface area (Å²) in [6, 6.07) is 11.5. The number of hydrogen-bond donors (Lipinski definition) is 1. The first-order chi connectivity index (χ1) is 13.5. The van der Waals surface area contributed by atoms with E-state index in [1.807, 2.05) is 18.2 Å². The maximum absolute atomic E-state index is 13.1. The maximum Gasteiger partial charge on any atom is 0.243 e. The fraction of sp³-hybridized carbons (Fsp3) is 0.400. The summed E-state index contributed by atoms with van der Waals surface area (Å²) in [5.74, 6) is 0.426. The van der Waals surface area contributed by atoms with Crippen LogP contribution in [0.4, 0.5) is 0 Å². The molecule has 1 aromatic carbocycles. The molecule has 0 unspecified atom stereocenters. The Bertz CT molecular complexity index is 885. The lowest BCUT2D eigenvalue weighted by Gasteiger charge is -2.34. The number of methoxy groups -OCH3 is 1. The van der Waals surface area contributed by atoms with Gasteiger partial charge in [0.2, 0.25) is 15.9 Å². The lowest BCUT2D eigenvalue weighted by molar-refractivity contribution is -0.122. The molecule has 0 spiro atoms. The molecule has 1 amide bonds. The van der Waals surface area contributed by atoms with Gasteiger partial charge in [-0.1, -0.05) is 12.5 Å². The van der Waals surface area contributed by atoms with Gasteiger partial charge in [0.05, 0.1) is 24.2 Å². The van der Waals surface area contributed by atoms with Crippen molar-refractivity contribution >= 4 is 15.9 Å². The number of aromatic nitrogens is 1. The molecule has 1 N–H and O–H groups in total. The predicted octanol–water partition coefficient (Wildman–Crippen LogP) is 2.34. The predicted molar refractivity (Wildman–Crippen MR) is 105 cm³/mol. The second-order valence-corrected chi connectivity index (χ2v) is 8.63. The summed E-state index contributed by atoms with van der Waals surface area (Å²) in [5, 5.41) is 2.83. The smallest absolute Gasteiger partial charge is 0.243 e. The number of rotatable bonds is 7. The molecule has 28 heavy (non-hydrogen) atoms. The van der Waals surface area contributed by atoms with Crippen molar-refractivity contribution < 1.29 is 17.9 Å². The molecule has 1 fully saturated rings. The van der Waals surface area contributed by atoms with Crippen LogP contribution < -0.4 is 10.1 Å². The SMILES string of the molecule is COc1ccc(S(=O)(=O)N2CCCC[C@H]2CC(=O)NCc2ccccn2)cc1. The molecule has 8 heteroatoms. The summed E-state index contributed by atoms with van der Waals surface area (Å²) >= 11 is 0. The van der Waals surface area contributed by atoms with Gasteiger partial charge < -0.3 is 10.1 Å². The summed E-state index contributed by atoms with van der Waals surface area (Å²) in [5.41, 5.74) is 0.766. The van der Waals surface area contributed by atoms with Crippen molar-refractivity contribution in [3.05, 3.63) is 54.4 Å². The molecule has 1 aromatic heterocycles. The fourth-order valence-corrected chi connectivity index (χ4v) is 5.05. The number of nitrogens with zero attached hydrogens (tertiary/aromatic N) is 2. The zero-order valence-corrected chi connectivity index (χ0v) is 16.7. The topological polar surface area (TPSA) is 88.6 Å². The molecule has 0 aliphatic carbocycles. The van der Waals surface area contributed by atoms with Crippen LogP contribution in [0.25, 0.3) is 0 Å². The van der Waals surface area contributed by atoms with Crippen molar-refractivity contribution in [2.24, 2.45) is 0 Å². The van der Waals surface area contributed by atoms with Gasteiger partial charge in [0.25, 0.3) is 0 Å². The Balaban J connectivity index is 1.67. The van der Waals surface area contributed by atoms with E-state index in [1.165, 1.54) is 11.4 Å². The van der Waals surface area contributed by atoms with Gasteiger partial charge in [-0.2, -0.15) is 4.31 Å². The number of carbonyl (C=O) groups is 1. The van der Waals surface area contributed by atoms with Crippen LogP contribution in [-0.2, 0) is 21.4 Å². The van der Waals surface area contributed by atoms with Crippen molar-refractivity contribution in [2.75, 3.05) is 13.7 Å². The summed E-state index contributed by atoms with van der Waals surface area (Å²) in [7, 11) is -2.13. The summed E-state index contributed by atoms with van der Waals surface area (Å²) in [4.78, 5) is 16.8. The van der Waals surface area contributed by atoms with Crippen LogP contribution >= 0.6 is 0 Å². The molecule has 0 bridgehead atoms. The average Bonchev–Trinajstić information content (AvgIpc) is 2.73. The summed E-state index contributed by atoms with van der Waals surface area (Å²) in [6.07, 6.45) is 4.19. The van der Waals surface area contributed by atoms with Crippen molar-refractivity contribution in [3.63, 3.8) is 0 Å². The van der Waals surface area contributed by atoms with E-state index in [4.69, 9.17) is 4.74 Å². The first-order valence-corrected chi connectivity index (χ1v) is 10.8. The Morgan fingerprint density at radius 2 is 2.00 bits per heavy atom. The minimum absolute atomic E-state index is 0.141. The zero-order chi connectivity index (χ0) is 20.0. The molecular formula is C20H25N3O4S. The molecule has 2 heterocycles. The third kappa shape index (κ3) is 4.88. The maximum atomic E-state index is 13.1. The zero-order valence-electron chi connectivity index (χ0n) is 15.9. The molecule has 150 valence electrons. The minimum Gasteiger partial charge on any atom is -0.497 e. The Kier molecular flexibility index (Phi) is 6.64. The second kappa shape index (κ2) is 9.16. The van der Waals surface area contributed by atoms with Crippen LogP contribution in [0, 0.1) is 0 Å². The van der Waals surface area contributed by atoms with Crippen LogP contribution in [-0.4, -0.2) is 43.3 Å². The van der Waals surface area contributed by atoms with E-state index in [0.717, 1.165) is 18.5 Å². The first kappa shape index (κ1) is 20.3. The van der Waals surface area contributed by atoms with E-state index in [1.54, 1.807) is 30.5 Å². The number of nitrogens with one attached hydrogen (secondary N) is 1. The van der Waals surface area contributed by atoms with Crippen LogP contribution in [0.1, 0.15) is 31.4 Å². The molecule has 1 saturated heterocycles. The number of hydrogen-bond acceptors (Lipinski definition) is 5. The Labute approximate surface area is 165 Å². The minimum atomic E-state index is -3.66. The molecule has 0 radical (unpaired) electrons. The van der Waals surface area contributed by atoms with Gasteiger partial charge in [-0.3, -0.25) is 9.78 Å². The van der Waals surface area contributed by atoms with Crippen LogP contribution in [0.3, 0.4) is 0 Å². The van der Waals surface area contributed by atoms with E-state index in [9.17, 15) is 13.2 Å². The molecule has 0 saturated carbocycles.